The summed E-state index contributed by atoms with van der Waals surface area (Å²) in [5.41, 5.74) is 1.24. The van der Waals surface area contributed by atoms with Crippen molar-refractivity contribution in [3.63, 3.8) is 0 Å². The third kappa shape index (κ3) is 3.05. The van der Waals surface area contributed by atoms with Crippen molar-refractivity contribution in [1.82, 2.24) is 10.2 Å². The predicted octanol–water partition coefficient (Wildman–Crippen LogP) is 2.82. The summed E-state index contributed by atoms with van der Waals surface area (Å²) in [4.78, 5) is 14.8. The Bertz CT molecular complexity index is 491. The van der Waals surface area contributed by atoms with Gasteiger partial charge in [-0.3, -0.25) is 4.79 Å². The first kappa shape index (κ1) is 14.4. The molecule has 2 saturated heterocycles. The fourth-order valence-corrected chi connectivity index (χ4v) is 4.36. The number of amides is 1. The molecule has 0 bridgehead atoms. The Morgan fingerprint density at radius 2 is 2.35 bits per heavy atom. The molecule has 1 aromatic carbocycles. The highest BCUT2D eigenvalue weighted by Crippen LogP contribution is 2.33. The van der Waals surface area contributed by atoms with Crippen LogP contribution in [-0.2, 0) is 4.79 Å². The van der Waals surface area contributed by atoms with E-state index < -0.39 is 0 Å². The first-order valence-corrected chi connectivity index (χ1v) is 9.07. The quantitative estimate of drug-likeness (QED) is 0.886. The van der Waals surface area contributed by atoms with Crippen LogP contribution in [0.2, 0.25) is 0 Å². The topological polar surface area (TPSA) is 32.3 Å². The molecule has 2 heterocycles. The largest absolute Gasteiger partial charge is 0.334 e. The molecular formula is C15H19BrN2OS. The molecule has 0 spiro atoms. The van der Waals surface area contributed by atoms with E-state index in [0.29, 0.717) is 0 Å². The number of rotatable bonds is 2. The van der Waals surface area contributed by atoms with E-state index in [9.17, 15) is 4.79 Å². The van der Waals surface area contributed by atoms with Gasteiger partial charge in [0.2, 0.25) is 5.91 Å². The Labute approximate surface area is 132 Å². The maximum absolute atomic E-state index is 12.7. The van der Waals surface area contributed by atoms with Crippen LogP contribution in [0.5, 0.6) is 0 Å². The normalized spacial score (nSPS) is 26.8. The van der Waals surface area contributed by atoms with Gasteiger partial charge in [0.25, 0.3) is 0 Å². The van der Waals surface area contributed by atoms with Crippen molar-refractivity contribution in [2.45, 2.75) is 24.9 Å². The van der Waals surface area contributed by atoms with E-state index in [1.807, 2.05) is 17.8 Å². The van der Waals surface area contributed by atoms with Crippen molar-refractivity contribution < 1.29 is 4.79 Å². The summed E-state index contributed by atoms with van der Waals surface area (Å²) in [7, 11) is 0. The molecule has 2 atom stereocenters. The lowest BCUT2D eigenvalue weighted by Crippen LogP contribution is -2.50. The number of benzene rings is 1. The van der Waals surface area contributed by atoms with Crippen LogP contribution in [0.3, 0.4) is 0 Å². The maximum atomic E-state index is 12.7. The zero-order valence-corrected chi connectivity index (χ0v) is 13.8. The molecule has 2 aliphatic rings. The number of carbonyl (C=O) groups is 1. The van der Waals surface area contributed by atoms with E-state index in [-0.39, 0.29) is 18.0 Å². The zero-order valence-electron chi connectivity index (χ0n) is 11.3. The third-order valence-electron chi connectivity index (χ3n) is 3.99. The van der Waals surface area contributed by atoms with E-state index in [1.165, 1.54) is 5.56 Å². The van der Waals surface area contributed by atoms with Crippen LogP contribution in [0.15, 0.2) is 28.7 Å². The van der Waals surface area contributed by atoms with E-state index in [2.05, 4.69) is 44.3 Å². The number of halogens is 1. The molecule has 2 fully saturated rings. The van der Waals surface area contributed by atoms with Crippen molar-refractivity contribution in [2.75, 3.05) is 24.6 Å². The van der Waals surface area contributed by atoms with Crippen molar-refractivity contribution in [1.29, 1.82) is 0 Å². The number of thioether (sulfide) groups is 1. The first-order chi connectivity index (χ1) is 9.75. The Balaban J connectivity index is 1.76. The smallest absolute Gasteiger partial charge is 0.241 e. The van der Waals surface area contributed by atoms with E-state index in [0.717, 1.165) is 41.9 Å². The minimum atomic E-state index is 0.00139. The van der Waals surface area contributed by atoms with E-state index >= 15 is 0 Å². The Hall–Kier alpha value is -0.520. The van der Waals surface area contributed by atoms with Crippen molar-refractivity contribution in [3.8, 4) is 0 Å². The first-order valence-electron chi connectivity index (χ1n) is 7.13. The van der Waals surface area contributed by atoms with Gasteiger partial charge in [0, 0.05) is 29.1 Å². The minimum absolute atomic E-state index is 0.00139. The summed E-state index contributed by atoms with van der Waals surface area (Å²) >= 11 is 5.40. The Morgan fingerprint density at radius 3 is 3.10 bits per heavy atom. The third-order valence-corrected chi connectivity index (χ3v) is 5.54. The molecule has 0 saturated carbocycles. The number of nitrogens with one attached hydrogen (secondary N) is 1. The molecule has 1 N–H and O–H groups in total. The van der Waals surface area contributed by atoms with E-state index in [4.69, 9.17) is 0 Å². The lowest BCUT2D eigenvalue weighted by atomic mass is 10.0. The minimum Gasteiger partial charge on any atom is -0.334 e. The molecule has 2 unspecified atom stereocenters. The molecule has 0 aliphatic carbocycles. The fraction of sp³-hybridized carbons (Fsp3) is 0.533. The average Bonchev–Trinajstić information content (AvgIpc) is 2.97. The summed E-state index contributed by atoms with van der Waals surface area (Å²) in [6.45, 7) is 1.83. The second-order valence-electron chi connectivity index (χ2n) is 5.33. The Morgan fingerprint density at radius 1 is 1.45 bits per heavy atom. The summed E-state index contributed by atoms with van der Waals surface area (Å²) in [5, 5.41) is 3.36. The van der Waals surface area contributed by atoms with Crippen LogP contribution >= 0.6 is 27.7 Å². The van der Waals surface area contributed by atoms with Gasteiger partial charge in [-0.2, -0.15) is 11.8 Å². The second kappa shape index (κ2) is 6.50. The monoisotopic (exact) mass is 354 g/mol. The van der Waals surface area contributed by atoms with Gasteiger partial charge < -0.3 is 10.2 Å². The molecule has 2 aliphatic heterocycles. The summed E-state index contributed by atoms with van der Waals surface area (Å²) in [6, 6.07) is 8.60. The average molecular weight is 355 g/mol. The number of hydrogen-bond acceptors (Lipinski definition) is 3. The van der Waals surface area contributed by atoms with Gasteiger partial charge in [-0.15, -0.1) is 0 Å². The number of carbonyl (C=O) groups excluding carboxylic acids is 1. The lowest BCUT2D eigenvalue weighted by Gasteiger charge is -2.31. The van der Waals surface area contributed by atoms with Crippen molar-refractivity contribution in [2.24, 2.45) is 0 Å². The van der Waals surface area contributed by atoms with Crippen LogP contribution < -0.4 is 5.32 Å². The predicted molar refractivity (Wildman–Crippen MR) is 86.9 cm³/mol. The van der Waals surface area contributed by atoms with Gasteiger partial charge in [0.1, 0.15) is 0 Å². The molecule has 0 aromatic heterocycles. The van der Waals surface area contributed by atoms with Gasteiger partial charge in [-0.05, 0) is 30.5 Å². The molecule has 20 heavy (non-hydrogen) atoms. The van der Waals surface area contributed by atoms with E-state index in [1.54, 1.807) is 0 Å². The molecule has 0 radical (unpaired) electrons. The number of hydrogen-bond donors (Lipinski definition) is 1. The molecule has 3 rings (SSSR count). The van der Waals surface area contributed by atoms with Crippen LogP contribution in [0.25, 0.3) is 0 Å². The standard InChI is InChI=1S/C15H19BrN2OS/c16-12-4-1-3-11(9-12)14-5-2-7-18(14)15(19)13-10-20-8-6-17-13/h1,3-4,9,13-14,17H,2,5-8,10H2. The van der Waals surface area contributed by atoms with Gasteiger partial charge in [-0.1, -0.05) is 28.1 Å². The highest BCUT2D eigenvalue weighted by atomic mass is 79.9. The summed E-state index contributed by atoms with van der Waals surface area (Å²) in [6.07, 6.45) is 2.17. The molecule has 1 aromatic rings. The van der Waals surface area contributed by atoms with Gasteiger partial charge >= 0.3 is 0 Å². The highest BCUT2D eigenvalue weighted by Gasteiger charge is 2.34. The second-order valence-corrected chi connectivity index (χ2v) is 7.39. The highest BCUT2D eigenvalue weighted by molar-refractivity contribution is 9.10. The molecule has 108 valence electrons. The molecule has 5 heteroatoms. The van der Waals surface area contributed by atoms with Crippen LogP contribution in [0, 0.1) is 0 Å². The van der Waals surface area contributed by atoms with Crippen LogP contribution in [0.4, 0.5) is 0 Å². The van der Waals surface area contributed by atoms with Gasteiger partial charge in [-0.25, -0.2) is 0 Å². The number of nitrogens with zero attached hydrogens (tertiary/aromatic N) is 1. The van der Waals surface area contributed by atoms with Gasteiger partial charge in [0.05, 0.1) is 12.1 Å². The maximum Gasteiger partial charge on any atom is 0.241 e. The molecule has 3 nitrogen and oxygen atoms in total. The van der Waals surface area contributed by atoms with Crippen LogP contribution in [-0.4, -0.2) is 41.4 Å². The summed E-state index contributed by atoms with van der Waals surface area (Å²) < 4.78 is 1.08. The Kier molecular flexibility index (Phi) is 4.68. The molecular weight excluding hydrogens is 336 g/mol. The number of likely N-dealkylation sites (tertiary alicyclic amines) is 1. The van der Waals surface area contributed by atoms with Gasteiger partial charge in [0.15, 0.2) is 0 Å². The summed E-state index contributed by atoms with van der Waals surface area (Å²) in [5.74, 6) is 2.29. The van der Waals surface area contributed by atoms with Crippen molar-refractivity contribution in [3.05, 3.63) is 34.3 Å². The fourth-order valence-electron chi connectivity index (χ4n) is 3.02. The molecule has 1 amide bonds. The lowest BCUT2D eigenvalue weighted by molar-refractivity contribution is -0.133. The zero-order chi connectivity index (χ0) is 13.9. The van der Waals surface area contributed by atoms with Crippen LogP contribution in [0.1, 0.15) is 24.4 Å². The SMILES string of the molecule is O=C(C1CSCCN1)N1CCCC1c1cccc(Br)c1. The van der Waals surface area contributed by atoms with Crippen molar-refractivity contribution >= 4 is 33.6 Å².